The molecule has 0 unspecified atom stereocenters. The van der Waals surface area contributed by atoms with Gasteiger partial charge in [-0.05, 0) is 61.2 Å². The second-order valence-electron chi connectivity index (χ2n) is 9.06. The van der Waals surface area contributed by atoms with Crippen LogP contribution in [-0.2, 0) is 22.7 Å². The fourth-order valence-corrected chi connectivity index (χ4v) is 4.65. The number of benzene rings is 2. The van der Waals surface area contributed by atoms with Gasteiger partial charge in [-0.3, -0.25) is 9.59 Å². The minimum Gasteiger partial charge on any atom is -0.365 e. The Morgan fingerprint density at radius 1 is 1.09 bits per heavy atom. The highest BCUT2D eigenvalue weighted by molar-refractivity contribution is 5.95. The first-order chi connectivity index (χ1) is 16.9. The van der Waals surface area contributed by atoms with Crippen LogP contribution in [0.3, 0.4) is 0 Å². The highest BCUT2D eigenvalue weighted by Gasteiger charge is 2.32. The van der Waals surface area contributed by atoms with Gasteiger partial charge in [0.25, 0.3) is 5.91 Å². The van der Waals surface area contributed by atoms with Crippen LogP contribution in [0.1, 0.15) is 46.3 Å². The number of hydrogen-bond donors (Lipinski definition) is 1. The number of carbonyl (C=O) groups excluding carboxylic acids is 2. The Hall–Kier alpha value is -3.59. The van der Waals surface area contributed by atoms with Crippen LogP contribution >= 0.6 is 0 Å². The molecular weight excluding hydrogens is 454 g/mol. The van der Waals surface area contributed by atoms with E-state index in [2.05, 4.69) is 10.3 Å². The Kier molecular flexibility index (Phi) is 6.34. The van der Waals surface area contributed by atoms with Crippen LogP contribution in [0, 0.1) is 24.5 Å². The van der Waals surface area contributed by atoms with E-state index in [-0.39, 0.29) is 42.1 Å². The summed E-state index contributed by atoms with van der Waals surface area (Å²) in [6, 6.07) is 10.7. The summed E-state index contributed by atoms with van der Waals surface area (Å²) in [6.07, 6.45) is 2.49. The van der Waals surface area contributed by atoms with Crippen molar-refractivity contribution in [2.24, 2.45) is 5.92 Å². The van der Waals surface area contributed by atoms with Crippen molar-refractivity contribution in [1.82, 2.24) is 14.5 Å². The molecule has 1 fully saturated rings. The number of anilines is 1. The van der Waals surface area contributed by atoms with Gasteiger partial charge in [0.1, 0.15) is 17.7 Å². The molecule has 0 bridgehead atoms. The third-order valence-corrected chi connectivity index (χ3v) is 6.75. The molecule has 2 aliphatic heterocycles. The molecule has 3 heterocycles. The fourth-order valence-electron chi connectivity index (χ4n) is 4.65. The summed E-state index contributed by atoms with van der Waals surface area (Å²) >= 11 is 0. The van der Waals surface area contributed by atoms with Crippen LogP contribution in [0.5, 0.6) is 0 Å². The maximum absolute atomic E-state index is 13.5. The van der Waals surface area contributed by atoms with Crippen LogP contribution < -0.4 is 5.32 Å². The molecule has 5 rings (SSSR count). The average molecular weight is 481 g/mol. The van der Waals surface area contributed by atoms with Crippen LogP contribution in [0.2, 0.25) is 0 Å². The van der Waals surface area contributed by atoms with Gasteiger partial charge in [0.2, 0.25) is 5.91 Å². The van der Waals surface area contributed by atoms with Crippen LogP contribution in [0.15, 0.2) is 48.8 Å². The van der Waals surface area contributed by atoms with E-state index in [1.165, 1.54) is 18.2 Å². The molecule has 0 saturated carbocycles. The molecule has 35 heavy (non-hydrogen) atoms. The van der Waals surface area contributed by atoms with E-state index in [4.69, 9.17) is 4.74 Å². The second kappa shape index (κ2) is 9.58. The lowest BCUT2D eigenvalue weighted by molar-refractivity contribution is -0.121. The normalized spacial score (nSPS) is 18.3. The van der Waals surface area contributed by atoms with Crippen LogP contribution in [0.25, 0.3) is 0 Å². The first kappa shape index (κ1) is 23.2. The molecule has 1 aromatic heterocycles. The summed E-state index contributed by atoms with van der Waals surface area (Å²) in [5, 5.41) is 2.85. The zero-order chi connectivity index (χ0) is 24.5. The lowest BCUT2D eigenvalue weighted by atomic mass is 9.95. The fraction of sp³-hybridized carbons (Fsp3) is 0.346. The SMILES string of the molecule is Cc1cc(NC(=O)C2CCN(C(=O)c3ncn4c3CO[C@H](c3ccc(F)cc3)C4)CC2)ccc1F. The zero-order valence-electron chi connectivity index (χ0n) is 19.3. The third-order valence-electron chi connectivity index (χ3n) is 6.75. The summed E-state index contributed by atoms with van der Waals surface area (Å²) in [6.45, 7) is 3.28. The maximum atomic E-state index is 13.5. The maximum Gasteiger partial charge on any atom is 0.274 e. The highest BCUT2D eigenvalue weighted by Crippen LogP contribution is 2.29. The second-order valence-corrected chi connectivity index (χ2v) is 9.06. The van der Waals surface area contributed by atoms with Crippen LogP contribution in [0.4, 0.5) is 14.5 Å². The van der Waals surface area contributed by atoms with Crippen molar-refractivity contribution < 1.29 is 23.1 Å². The number of nitrogens with one attached hydrogen (secondary N) is 1. The predicted octanol–water partition coefficient (Wildman–Crippen LogP) is 4.23. The number of halogens is 2. The van der Waals surface area contributed by atoms with E-state index >= 15 is 0 Å². The lowest BCUT2D eigenvalue weighted by Gasteiger charge is -2.31. The van der Waals surface area contributed by atoms with E-state index in [0.717, 1.165) is 11.3 Å². The summed E-state index contributed by atoms with van der Waals surface area (Å²) in [5.74, 6) is -1.13. The molecule has 0 radical (unpaired) electrons. The number of hydrogen-bond acceptors (Lipinski definition) is 4. The molecule has 1 atom stereocenters. The van der Waals surface area contributed by atoms with Crippen molar-refractivity contribution in [3.05, 3.63) is 82.9 Å². The smallest absolute Gasteiger partial charge is 0.274 e. The molecule has 182 valence electrons. The van der Waals surface area contributed by atoms with Gasteiger partial charge in [-0.1, -0.05) is 12.1 Å². The minimum absolute atomic E-state index is 0.122. The molecule has 1 N–H and O–H groups in total. The molecule has 9 heteroatoms. The summed E-state index contributed by atoms with van der Waals surface area (Å²) in [7, 11) is 0. The molecule has 2 amide bonds. The van der Waals surface area contributed by atoms with E-state index in [0.29, 0.717) is 49.4 Å². The molecular formula is C26H26F2N4O3. The number of aromatic nitrogens is 2. The third kappa shape index (κ3) is 4.81. The van der Waals surface area contributed by atoms with Crippen molar-refractivity contribution in [1.29, 1.82) is 0 Å². The number of amides is 2. The number of likely N-dealkylation sites (tertiary alicyclic amines) is 1. The van der Waals surface area contributed by atoms with Crippen molar-refractivity contribution in [3.8, 4) is 0 Å². The Balaban J connectivity index is 1.18. The summed E-state index contributed by atoms with van der Waals surface area (Å²) in [5.41, 5.74) is 3.00. The Morgan fingerprint density at radius 3 is 2.54 bits per heavy atom. The Labute approximate surface area is 201 Å². The number of fused-ring (bicyclic) bond motifs is 1. The molecule has 7 nitrogen and oxygen atoms in total. The number of aryl methyl sites for hydroxylation is 1. The quantitative estimate of drug-likeness (QED) is 0.606. The lowest BCUT2D eigenvalue weighted by Crippen LogP contribution is -2.42. The van der Waals surface area contributed by atoms with E-state index in [1.807, 2.05) is 4.57 Å². The number of rotatable bonds is 4. The van der Waals surface area contributed by atoms with Crippen molar-refractivity contribution in [2.75, 3.05) is 18.4 Å². The molecule has 3 aromatic rings. The first-order valence-corrected chi connectivity index (χ1v) is 11.7. The van der Waals surface area contributed by atoms with Gasteiger partial charge in [0.05, 0.1) is 25.2 Å². The average Bonchev–Trinajstić information content (AvgIpc) is 3.29. The number of carbonyl (C=O) groups is 2. The van der Waals surface area contributed by atoms with Gasteiger partial charge in [0, 0.05) is 24.7 Å². The Bertz CT molecular complexity index is 1250. The highest BCUT2D eigenvalue weighted by atomic mass is 19.1. The monoisotopic (exact) mass is 480 g/mol. The van der Waals surface area contributed by atoms with E-state index in [9.17, 15) is 18.4 Å². The number of imidazole rings is 1. The number of nitrogens with zero attached hydrogens (tertiary/aromatic N) is 3. The van der Waals surface area contributed by atoms with E-state index in [1.54, 1.807) is 42.4 Å². The number of piperidine rings is 1. The molecule has 0 aliphatic carbocycles. The standard InChI is InChI=1S/C26H26F2N4O3/c1-16-12-20(6-7-21(16)28)30-25(33)18-8-10-31(11-9-18)26(34)24-22-14-35-23(13-32(22)15-29-24)17-2-4-19(27)5-3-17/h2-7,12,15,18,23H,8-11,13-14H2,1H3,(H,30,33)/t23-/m0/s1. The van der Waals surface area contributed by atoms with Gasteiger partial charge in [-0.15, -0.1) is 0 Å². The van der Waals surface area contributed by atoms with Crippen molar-refractivity contribution in [3.63, 3.8) is 0 Å². The first-order valence-electron chi connectivity index (χ1n) is 11.7. The summed E-state index contributed by atoms with van der Waals surface area (Å²) in [4.78, 5) is 31.9. The van der Waals surface area contributed by atoms with Crippen LogP contribution in [-0.4, -0.2) is 39.4 Å². The van der Waals surface area contributed by atoms with Gasteiger partial charge >= 0.3 is 0 Å². The number of ether oxygens (including phenoxy) is 1. The molecule has 2 aliphatic rings. The van der Waals surface area contributed by atoms with E-state index < -0.39 is 0 Å². The van der Waals surface area contributed by atoms with Gasteiger partial charge in [-0.25, -0.2) is 13.8 Å². The largest absolute Gasteiger partial charge is 0.365 e. The zero-order valence-corrected chi connectivity index (χ0v) is 19.3. The van der Waals surface area contributed by atoms with Crippen molar-refractivity contribution >= 4 is 17.5 Å². The molecule has 1 saturated heterocycles. The summed E-state index contributed by atoms with van der Waals surface area (Å²) < 4.78 is 34.6. The topological polar surface area (TPSA) is 76.5 Å². The van der Waals surface area contributed by atoms with Crippen molar-refractivity contribution in [2.45, 2.75) is 39.0 Å². The Morgan fingerprint density at radius 2 is 1.83 bits per heavy atom. The molecule has 0 spiro atoms. The van der Waals surface area contributed by atoms with Gasteiger partial charge < -0.3 is 19.5 Å². The van der Waals surface area contributed by atoms with Gasteiger partial charge in [-0.2, -0.15) is 0 Å². The van der Waals surface area contributed by atoms with Gasteiger partial charge in [0.15, 0.2) is 5.69 Å². The molecule has 2 aromatic carbocycles. The minimum atomic E-state index is -0.312. The predicted molar refractivity (Wildman–Crippen MR) is 125 cm³/mol.